The van der Waals surface area contributed by atoms with Crippen molar-refractivity contribution >= 4 is 40.3 Å². The Hall–Kier alpha value is -1.55. The van der Waals surface area contributed by atoms with Crippen LogP contribution < -0.4 is 0 Å². The lowest BCUT2D eigenvalue weighted by atomic mass is 10.0. The fourth-order valence-corrected chi connectivity index (χ4v) is 3.11. The normalized spacial score (nSPS) is 10.7. The lowest BCUT2D eigenvalue weighted by Gasteiger charge is -2.02. The molecule has 5 heteroatoms. The maximum Gasteiger partial charge on any atom is 0.205 e. The van der Waals surface area contributed by atoms with Crippen LogP contribution >= 0.6 is 34.5 Å². The Labute approximate surface area is 130 Å². The summed E-state index contributed by atoms with van der Waals surface area (Å²) < 4.78 is 0.608. The van der Waals surface area contributed by atoms with E-state index in [1.807, 2.05) is 18.3 Å². The van der Waals surface area contributed by atoms with E-state index in [-0.39, 0.29) is 5.78 Å². The number of thiophene rings is 1. The molecular weight excluding hydrogens is 313 g/mol. The molecule has 0 fully saturated rings. The highest BCUT2D eigenvalue weighted by Crippen LogP contribution is 2.29. The molecule has 0 spiro atoms. The molecule has 0 saturated carbocycles. The molecule has 100 valence electrons. The topological polar surface area (TPSA) is 32.9 Å². The summed E-state index contributed by atoms with van der Waals surface area (Å²) in [7, 11) is 0. The van der Waals surface area contributed by atoms with Gasteiger partial charge in [0.2, 0.25) is 5.78 Å². The van der Waals surface area contributed by atoms with Crippen LogP contribution in [-0.4, -0.2) is 10.8 Å². The zero-order valence-electron chi connectivity index (χ0n) is 10.2. The Morgan fingerprint density at radius 3 is 2.40 bits per heavy atom. The van der Waals surface area contributed by atoms with E-state index >= 15 is 0 Å². The lowest BCUT2D eigenvalue weighted by molar-refractivity contribution is 0.104. The quantitative estimate of drug-likeness (QED) is 0.654. The van der Waals surface area contributed by atoms with Crippen molar-refractivity contribution in [1.29, 1.82) is 0 Å². The van der Waals surface area contributed by atoms with Crippen LogP contribution in [-0.2, 0) is 0 Å². The summed E-state index contributed by atoms with van der Waals surface area (Å²) in [6.07, 6.45) is 3.52. The zero-order valence-corrected chi connectivity index (χ0v) is 12.5. The van der Waals surface area contributed by atoms with Crippen LogP contribution in [0.1, 0.15) is 15.2 Å². The molecule has 0 radical (unpaired) electrons. The summed E-state index contributed by atoms with van der Waals surface area (Å²) in [5.41, 5.74) is 2.43. The number of benzene rings is 1. The Bertz CT molecular complexity index is 758. The molecule has 0 unspecified atom stereocenters. The summed E-state index contributed by atoms with van der Waals surface area (Å²) >= 11 is 13.1. The van der Waals surface area contributed by atoms with Crippen molar-refractivity contribution in [3.8, 4) is 11.1 Å². The van der Waals surface area contributed by atoms with Crippen LogP contribution in [0.5, 0.6) is 0 Å². The molecule has 0 atom stereocenters. The average Bonchev–Trinajstić information content (AvgIpc) is 3.07. The van der Waals surface area contributed by atoms with Gasteiger partial charge in [-0.3, -0.25) is 4.79 Å². The monoisotopic (exact) mass is 321 g/mol. The molecule has 2 aromatic heterocycles. The lowest BCUT2D eigenvalue weighted by Crippen LogP contribution is -1.98. The standard InChI is InChI=1S/C15H9Cl2NOS/c16-10-3-1-9(2-4-10)11-7-18-8-12(11)15(19)13-5-6-14(17)20-13/h1-8,18H. The van der Waals surface area contributed by atoms with Crippen molar-refractivity contribution in [2.45, 2.75) is 0 Å². The molecular formula is C15H9Cl2NOS. The van der Waals surface area contributed by atoms with E-state index in [1.54, 1.807) is 30.5 Å². The number of carbonyl (C=O) groups excluding carboxylic acids is 1. The van der Waals surface area contributed by atoms with Crippen LogP contribution in [0, 0.1) is 0 Å². The van der Waals surface area contributed by atoms with E-state index in [0.29, 0.717) is 19.8 Å². The molecule has 20 heavy (non-hydrogen) atoms. The number of nitrogens with one attached hydrogen (secondary N) is 1. The first kappa shape index (κ1) is 13.4. The first-order chi connectivity index (χ1) is 9.65. The Balaban J connectivity index is 2.02. The largest absolute Gasteiger partial charge is 0.366 e. The van der Waals surface area contributed by atoms with Gasteiger partial charge in [-0.1, -0.05) is 35.3 Å². The highest BCUT2D eigenvalue weighted by atomic mass is 35.5. The van der Waals surface area contributed by atoms with Gasteiger partial charge in [0.1, 0.15) is 0 Å². The SMILES string of the molecule is O=C(c1ccc(Cl)s1)c1c[nH]cc1-c1ccc(Cl)cc1. The number of hydrogen-bond donors (Lipinski definition) is 1. The minimum absolute atomic E-state index is 0.0342. The Kier molecular flexibility index (Phi) is 3.66. The molecule has 0 amide bonds. The van der Waals surface area contributed by atoms with Gasteiger partial charge in [-0.2, -0.15) is 0 Å². The molecule has 2 heterocycles. The van der Waals surface area contributed by atoms with Crippen molar-refractivity contribution in [2.75, 3.05) is 0 Å². The number of aromatic nitrogens is 1. The second kappa shape index (κ2) is 5.44. The smallest absolute Gasteiger partial charge is 0.205 e. The Morgan fingerprint density at radius 1 is 1.00 bits per heavy atom. The predicted molar refractivity (Wildman–Crippen MR) is 84.0 cm³/mol. The van der Waals surface area contributed by atoms with E-state index in [4.69, 9.17) is 23.2 Å². The summed E-state index contributed by atoms with van der Waals surface area (Å²) in [4.78, 5) is 16.1. The zero-order chi connectivity index (χ0) is 14.1. The van der Waals surface area contributed by atoms with Crippen molar-refractivity contribution in [1.82, 2.24) is 4.98 Å². The number of carbonyl (C=O) groups is 1. The van der Waals surface area contributed by atoms with Gasteiger partial charge in [-0.25, -0.2) is 0 Å². The number of hydrogen-bond acceptors (Lipinski definition) is 2. The minimum Gasteiger partial charge on any atom is -0.366 e. The van der Waals surface area contributed by atoms with Crippen LogP contribution in [0.3, 0.4) is 0 Å². The van der Waals surface area contributed by atoms with E-state index in [2.05, 4.69) is 4.98 Å². The van der Waals surface area contributed by atoms with Gasteiger partial charge in [0.25, 0.3) is 0 Å². The second-order valence-electron chi connectivity index (χ2n) is 4.22. The fraction of sp³-hybridized carbons (Fsp3) is 0. The number of halogens is 2. The summed E-state index contributed by atoms with van der Waals surface area (Å²) in [6.45, 7) is 0. The molecule has 0 aliphatic carbocycles. The molecule has 0 aliphatic heterocycles. The average molecular weight is 322 g/mol. The highest BCUT2D eigenvalue weighted by molar-refractivity contribution is 7.18. The molecule has 1 N–H and O–H groups in total. The third-order valence-electron chi connectivity index (χ3n) is 2.94. The molecule has 2 nitrogen and oxygen atoms in total. The maximum atomic E-state index is 12.5. The first-order valence-electron chi connectivity index (χ1n) is 5.88. The molecule has 3 aromatic rings. The number of aromatic amines is 1. The summed E-state index contributed by atoms with van der Waals surface area (Å²) in [5, 5.41) is 0.669. The van der Waals surface area contributed by atoms with Gasteiger partial charge in [-0.15, -0.1) is 11.3 Å². The van der Waals surface area contributed by atoms with Gasteiger partial charge in [0, 0.05) is 28.5 Å². The maximum absolute atomic E-state index is 12.5. The predicted octanol–water partition coefficient (Wildman–Crippen LogP) is 5.28. The molecule has 0 aliphatic rings. The van der Waals surface area contributed by atoms with Gasteiger partial charge < -0.3 is 4.98 Å². The molecule has 0 saturated heterocycles. The first-order valence-corrected chi connectivity index (χ1v) is 7.45. The Morgan fingerprint density at radius 2 is 1.75 bits per heavy atom. The molecule has 3 rings (SSSR count). The van der Waals surface area contributed by atoms with Gasteiger partial charge in [-0.05, 0) is 29.8 Å². The van der Waals surface area contributed by atoms with Crippen LogP contribution in [0.25, 0.3) is 11.1 Å². The second-order valence-corrected chi connectivity index (χ2v) is 6.37. The summed E-state index contributed by atoms with van der Waals surface area (Å²) in [6, 6.07) is 10.9. The van der Waals surface area contributed by atoms with Crippen LogP contribution in [0.2, 0.25) is 9.36 Å². The van der Waals surface area contributed by atoms with E-state index < -0.39 is 0 Å². The molecule has 1 aromatic carbocycles. The highest BCUT2D eigenvalue weighted by Gasteiger charge is 2.17. The number of ketones is 1. The third kappa shape index (κ3) is 2.52. The van der Waals surface area contributed by atoms with Gasteiger partial charge >= 0.3 is 0 Å². The van der Waals surface area contributed by atoms with Crippen molar-refractivity contribution < 1.29 is 4.79 Å². The van der Waals surface area contributed by atoms with Crippen molar-refractivity contribution in [2.24, 2.45) is 0 Å². The van der Waals surface area contributed by atoms with E-state index in [1.165, 1.54) is 11.3 Å². The minimum atomic E-state index is -0.0342. The molecule has 0 bridgehead atoms. The van der Waals surface area contributed by atoms with E-state index in [0.717, 1.165) is 11.1 Å². The van der Waals surface area contributed by atoms with Gasteiger partial charge in [0.05, 0.1) is 9.21 Å². The van der Waals surface area contributed by atoms with E-state index in [9.17, 15) is 4.79 Å². The van der Waals surface area contributed by atoms with Crippen molar-refractivity contribution in [3.05, 3.63) is 68.6 Å². The van der Waals surface area contributed by atoms with Gasteiger partial charge in [0.15, 0.2) is 0 Å². The van der Waals surface area contributed by atoms with Crippen LogP contribution in [0.15, 0.2) is 48.8 Å². The van der Waals surface area contributed by atoms with Crippen LogP contribution in [0.4, 0.5) is 0 Å². The summed E-state index contributed by atoms with van der Waals surface area (Å²) in [5.74, 6) is -0.0342. The van der Waals surface area contributed by atoms with Crippen molar-refractivity contribution in [3.63, 3.8) is 0 Å². The third-order valence-corrected chi connectivity index (χ3v) is 4.42. The fourth-order valence-electron chi connectivity index (χ4n) is 1.99. The number of rotatable bonds is 3. The number of H-pyrrole nitrogens is 1.